The topological polar surface area (TPSA) is 30.7 Å². The Morgan fingerprint density at radius 1 is 0.625 bits per heavy atom. The SMILES string of the molecule is Cc1cccc(-c2nc(-c3ccccc3)nc3c4ccccc4n(-c4ccccc4)c23)c1. The third-order valence-corrected chi connectivity index (χ3v) is 5.85. The highest BCUT2D eigenvalue weighted by atomic mass is 15.0. The fraction of sp³-hybridized carbons (Fsp3) is 0.0345. The molecule has 0 amide bonds. The van der Waals surface area contributed by atoms with Gasteiger partial charge in [0.2, 0.25) is 0 Å². The van der Waals surface area contributed by atoms with Crippen molar-refractivity contribution in [1.29, 1.82) is 0 Å². The molecule has 0 radical (unpaired) electrons. The highest BCUT2D eigenvalue weighted by Crippen LogP contribution is 2.37. The maximum absolute atomic E-state index is 5.13. The molecule has 4 aromatic carbocycles. The van der Waals surface area contributed by atoms with E-state index < -0.39 is 0 Å². The van der Waals surface area contributed by atoms with Crippen LogP contribution in [0.15, 0.2) is 109 Å². The summed E-state index contributed by atoms with van der Waals surface area (Å²) >= 11 is 0. The number of nitrogens with zero attached hydrogens (tertiary/aromatic N) is 3. The van der Waals surface area contributed by atoms with E-state index in [9.17, 15) is 0 Å². The molecule has 0 unspecified atom stereocenters. The zero-order valence-electron chi connectivity index (χ0n) is 17.7. The number of hydrogen-bond acceptors (Lipinski definition) is 2. The first-order chi connectivity index (χ1) is 15.8. The van der Waals surface area contributed by atoms with Crippen LogP contribution in [0.3, 0.4) is 0 Å². The van der Waals surface area contributed by atoms with Crippen LogP contribution in [0.25, 0.3) is 50.3 Å². The minimum atomic E-state index is 0.741. The Morgan fingerprint density at radius 3 is 2.09 bits per heavy atom. The molecule has 0 N–H and O–H groups in total. The minimum Gasteiger partial charge on any atom is -0.306 e. The summed E-state index contributed by atoms with van der Waals surface area (Å²) in [5, 5.41) is 1.12. The molecule has 0 fully saturated rings. The summed E-state index contributed by atoms with van der Waals surface area (Å²) < 4.78 is 2.29. The molecular formula is C29H21N3. The van der Waals surface area contributed by atoms with Gasteiger partial charge in [-0.2, -0.15) is 0 Å². The Morgan fingerprint density at radius 2 is 1.31 bits per heavy atom. The summed E-state index contributed by atoms with van der Waals surface area (Å²) in [6.07, 6.45) is 0. The molecule has 32 heavy (non-hydrogen) atoms. The van der Waals surface area contributed by atoms with Gasteiger partial charge in [0, 0.05) is 22.2 Å². The van der Waals surface area contributed by atoms with E-state index in [1.807, 2.05) is 24.3 Å². The maximum Gasteiger partial charge on any atom is 0.160 e. The van der Waals surface area contributed by atoms with Crippen LogP contribution in [0.4, 0.5) is 0 Å². The molecule has 0 spiro atoms. The molecule has 0 aliphatic rings. The van der Waals surface area contributed by atoms with Gasteiger partial charge in [0.15, 0.2) is 5.82 Å². The van der Waals surface area contributed by atoms with Gasteiger partial charge in [-0.05, 0) is 31.2 Å². The average molecular weight is 412 g/mol. The van der Waals surface area contributed by atoms with E-state index in [0.29, 0.717) is 0 Å². The standard InChI is InChI=1S/C29H21N3/c1-20-11-10-14-22(19-20)26-28-27(31-29(30-26)21-12-4-2-5-13-21)24-17-8-9-18-25(24)32(28)23-15-6-3-7-16-23/h2-19H,1H3. The molecule has 2 heterocycles. The Hall–Kier alpha value is -4.24. The van der Waals surface area contributed by atoms with Gasteiger partial charge in [0.05, 0.1) is 16.7 Å². The lowest BCUT2D eigenvalue weighted by atomic mass is 10.1. The third kappa shape index (κ3) is 2.98. The van der Waals surface area contributed by atoms with Crippen molar-refractivity contribution in [3.05, 3.63) is 115 Å². The first-order valence-corrected chi connectivity index (χ1v) is 10.8. The van der Waals surface area contributed by atoms with Gasteiger partial charge in [-0.1, -0.05) is 90.5 Å². The van der Waals surface area contributed by atoms with Crippen LogP contribution in [0.5, 0.6) is 0 Å². The zero-order valence-corrected chi connectivity index (χ0v) is 17.7. The predicted molar refractivity (Wildman–Crippen MR) is 132 cm³/mol. The van der Waals surface area contributed by atoms with Crippen LogP contribution < -0.4 is 0 Å². The number of fused-ring (bicyclic) bond motifs is 3. The van der Waals surface area contributed by atoms with Crippen LogP contribution >= 0.6 is 0 Å². The lowest BCUT2D eigenvalue weighted by Gasteiger charge is -2.12. The summed E-state index contributed by atoms with van der Waals surface area (Å²) in [6.45, 7) is 2.12. The quantitative estimate of drug-likeness (QED) is 0.308. The Balaban J connectivity index is 1.81. The van der Waals surface area contributed by atoms with Crippen LogP contribution in [0, 0.1) is 6.92 Å². The van der Waals surface area contributed by atoms with Crippen LogP contribution in [-0.2, 0) is 0 Å². The van der Waals surface area contributed by atoms with Crippen LogP contribution in [0.2, 0.25) is 0 Å². The third-order valence-electron chi connectivity index (χ3n) is 5.85. The van der Waals surface area contributed by atoms with E-state index in [1.54, 1.807) is 0 Å². The molecule has 3 nitrogen and oxygen atoms in total. The summed E-state index contributed by atoms with van der Waals surface area (Å²) in [4.78, 5) is 10.2. The molecule has 6 aromatic rings. The van der Waals surface area contributed by atoms with Crippen molar-refractivity contribution in [2.24, 2.45) is 0 Å². The summed E-state index contributed by atoms with van der Waals surface area (Å²) in [7, 11) is 0. The summed E-state index contributed by atoms with van der Waals surface area (Å²) in [5.74, 6) is 0.741. The van der Waals surface area contributed by atoms with Gasteiger partial charge in [-0.25, -0.2) is 9.97 Å². The molecule has 2 aromatic heterocycles. The largest absolute Gasteiger partial charge is 0.306 e. The Bertz CT molecular complexity index is 1560. The van der Waals surface area contributed by atoms with Gasteiger partial charge >= 0.3 is 0 Å². The lowest BCUT2D eigenvalue weighted by Crippen LogP contribution is -1.99. The molecule has 0 aliphatic heterocycles. The first-order valence-electron chi connectivity index (χ1n) is 10.8. The first kappa shape index (κ1) is 18.5. The van der Waals surface area contributed by atoms with Crippen molar-refractivity contribution >= 4 is 21.9 Å². The highest BCUT2D eigenvalue weighted by molar-refractivity contribution is 6.11. The van der Waals surface area contributed by atoms with Crippen LogP contribution in [0.1, 0.15) is 5.56 Å². The predicted octanol–water partition coefficient (Wildman–Crippen LogP) is 7.22. The van der Waals surface area contributed by atoms with Crippen molar-refractivity contribution in [1.82, 2.24) is 14.5 Å². The monoisotopic (exact) mass is 411 g/mol. The van der Waals surface area contributed by atoms with Gasteiger partial charge in [0.25, 0.3) is 0 Å². The van der Waals surface area contributed by atoms with E-state index in [-0.39, 0.29) is 0 Å². The average Bonchev–Trinajstić information content (AvgIpc) is 3.19. The Kier molecular flexibility index (Phi) is 4.32. The molecule has 3 heteroatoms. The number of para-hydroxylation sites is 2. The summed E-state index contributed by atoms with van der Waals surface area (Å²) in [5.41, 5.74) is 8.48. The lowest BCUT2D eigenvalue weighted by molar-refractivity contribution is 1.15. The van der Waals surface area contributed by atoms with Crippen molar-refractivity contribution < 1.29 is 0 Å². The van der Waals surface area contributed by atoms with Crippen molar-refractivity contribution in [2.45, 2.75) is 6.92 Å². The summed E-state index contributed by atoms with van der Waals surface area (Å²) in [6, 6.07) is 37.7. The van der Waals surface area contributed by atoms with Gasteiger partial charge in [-0.15, -0.1) is 0 Å². The van der Waals surface area contributed by atoms with Gasteiger partial charge < -0.3 is 4.57 Å². The van der Waals surface area contributed by atoms with Crippen molar-refractivity contribution in [3.63, 3.8) is 0 Å². The highest BCUT2D eigenvalue weighted by Gasteiger charge is 2.20. The van der Waals surface area contributed by atoms with E-state index in [0.717, 1.165) is 50.3 Å². The molecule has 0 aliphatic carbocycles. The molecule has 0 bridgehead atoms. The zero-order chi connectivity index (χ0) is 21.5. The van der Waals surface area contributed by atoms with Gasteiger partial charge in [-0.3, -0.25) is 0 Å². The second-order valence-electron chi connectivity index (χ2n) is 8.02. The van der Waals surface area contributed by atoms with Crippen LogP contribution in [-0.4, -0.2) is 14.5 Å². The van der Waals surface area contributed by atoms with E-state index in [4.69, 9.17) is 9.97 Å². The number of benzene rings is 4. The number of rotatable bonds is 3. The fourth-order valence-corrected chi connectivity index (χ4v) is 4.40. The van der Waals surface area contributed by atoms with E-state index in [1.165, 1.54) is 5.56 Å². The van der Waals surface area contributed by atoms with Crippen molar-refractivity contribution in [3.8, 4) is 28.3 Å². The maximum atomic E-state index is 5.13. The van der Waals surface area contributed by atoms with Crippen molar-refractivity contribution in [2.75, 3.05) is 0 Å². The van der Waals surface area contributed by atoms with E-state index >= 15 is 0 Å². The normalized spacial score (nSPS) is 11.3. The molecule has 152 valence electrons. The fourth-order valence-electron chi connectivity index (χ4n) is 4.40. The second-order valence-corrected chi connectivity index (χ2v) is 8.02. The molecule has 6 rings (SSSR count). The smallest absolute Gasteiger partial charge is 0.160 e. The number of hydrogen-bond donors (Lipinski definition) is 0. The molecule has 0 saturated heterocycles. The van der Waals surface area contributed by atoms with E-state index in [2.05, 4.69) is 96.4 Å². The molecular weight excluding hydrogens is 390 g/mol. The van der Waals surface area contributed by atoms with Gasteiger partial charge in [0.1, 0.15) is 5.52 Å². The number of aryl methyl sites for hydroxylation is 1. The minimum absolute atomic E-state index is 0.741. The second kappa shape index (κ2) is 7.47. The molecule has 0 saturated carbocycles. The Labute approximate surface area is 186 Å². The molecule has 0 atom stereocenters. The number of aromatic nitrogens is 3.